The summed E-state index contributed by atoms with van der Waals surface area (Å²) in [6.07, 6.45) is 4.15. The molecular weight excluding hydrogens is 320 g/mol. The third kappa shape index (κ3) is 5.92. The number of hydrogen-bond donors (Lipinski definition) is 2. The summed E-state index contributed by atoms with van der Waals surface area (Å²) in [6.45, 7) is 5.28. The Bertz CT molecular complexity index is 582. The zero-order chi connectivity index (χ0) is 17.4. The molecule has 0 bridgehead atoms. The van der Waals surface area contributed by atoms with Gasteiger partial charge in [-0.05, 0) is 25.0 Å². The molecule has 0 saturated heterocycles. The third-order valence-electron chi connectivity index (χ3n) is 3.75. The Kier molecular flexibility index (Phi) is 6.73. The standard InChI is InChI=1S/C18H26N4OS/c1-4-12-19-17(20-13-16(23)22(2)3)21-14-18(10-11-18)24-15-8-6-5-7-9-15/h4-9H,1,10-14H2,2-3H3,(H2,19,20,21). The zero-order valence-electron chi connectivity index (χ0n) is 14.4. The number of amides is 1. The Morgan fingerprint density at radius 1 is 1.33 bits per heavy atom. The molecule has 24 heavy (non-hydrogen) atoms. The Morgan fingerprint density at radius 2 is 2.04 bits per heavy atom. The highest BCUT2D eigenvalue weighted by atomic mass is 32.2. The lowest BCUT2D eigenvalue weighted by atomic mass is 10.4. The van der Waals surface area contributed by atoms with Crippen LogP contribution in [0.3, 0.4) is 0 Å². The van der Waals surface area contributed by atoms with Crippen LogP contribution in [-0.4, -0.2) is 55.2 Å². The molecule has 0 radical (unpaired) electrons. The largest absolute Gasteiger partial charge is 0.355 e. The van der Waals surface area contributed by atoms with E-state index >= 15 is 0 Å². The molecule has 2 rings (SSSR count). The van der Waals surface area contributed by atoms with Crippen molar-refractivity contribution >= 4 is 23.6 Å². The smallest absolute Gasteiger partial charge is 0.243 e. The number of guanidine groups is 1. The molecular formula is C18H26N4OS. The van der Waals surface area contributed by atoms with Crippen molar-refractivity contribution in [3.8, 4) is 0 Å². The molecule has 1 aromatic carbocycles. The van der Waals surface area contributed by atoms with Gasteiger partial charge in [0.1, 0.15) is 6.54 Å². The van der Waals surface area contributed by atoms with Gasteiger partial charge >= 0.3 is 0 Å². The first kappa shape index (κ1) is 18.4. The van der Waals surface area contributed by atoms with Crippen LogP contribution in [0.15, 0.2) is 52.9 Å². The number of thioether (sulfide) groups is 1. The fourth-order valence-corrected chi connectivity index (χ4v) is 3.31. The maximum Gasteiger partial charge on any atom is 0.243 e. The van der Waals surface area contributed by atoms with Crippen molar-refractivity contribution in [1.29, 1.82) is 0 Å². The van der Waals surface area contributed by atoms with Crippen LogP contribution in [0.2, 0.25) is 0 Å². The van der Waals surface area contributed by atoms with Crippen LogP contribution in [0.25, 0.3) is 0 Å². The van der Waals surface area contributed by atoms with Gasteiger partial charge in [0, 0.05) is 36.8 Å². The van der Waals surface area contributed by atoms with E-state index in [2.05, 4.69) is 46.5 Å². The highest BCUT2D eigenvalue weighted by Crippen LogP contribution is 2.51. The van der Waals surface area contributed by atoms with Crippen molar-refractivity contribution in [3.05, 3.63) is 43.0 Å². The average Bonchev–Trinajstić information content (AvgIpc) is 3.34. The number of hydrogen-bond acceptors (Lipinski definition) is 3. The SMILES string of the molecule is C=CCNC(=NCC(=O)N(C)C)NCC1(Sc2ccccc2)CC1. The second-order valence-corrected chi connectivity index (χ2v) is 7.62. The van der Waals surface area contributed by atoms with Crippen molar-refractivity contribution in [2.24, 2.45) is 4.99 Å². The van der Waals surface area contributed by atoms with Crippen LogP contribution in [-0.2, 0) is 4.79 Å². The summed E-state index contributed by atoms with van der Waals surface area (Å²) in [6, 6.07) is 10.5. The van der Waals surface area contributed by atoms with Gasteiger partial charge in [0.2, 0.25) is 5.91 Å². The van der Waals surface area contributed by atoms with E-state index in [-0.39, 0.29) is 17.2 Å². The molecule has 2 N–H and O–H groups in total. The Morgan fingerprint density at radius 3 is 2.62 bits per heavy atom. The van der Waals surface area contributed by atoms with E-state index in [0.717, 1.165) is 6.54 Å². The molecule has 6 heteroatoms. The second kappa shape index (κ2) is 8.78. The van der Waals surface area contributed by atoms with E-state index in [1.54, 1.807) is 25.1 Å². The highest BCUT2D eigenvalue weighted by molar-refractivity contribution is 8.01. The summed E-state index contributed by atoms with van der Waals surface area (Å²) < 4.78 is 0.226. The minimum Gasteiger partial charge on any atom is -0.355 e. The molecule has 1 fully saturated rings. The van der Waals surface area contributed by atoms with Crippen molar-refractivity contribution in [2.75, 3.05) is 33.7 Å². The summed E-state index contributed by atoms with van der Waals surface area (Å²) in [4.78, 5) is 18.9. The summed E-state index contributed by atoms with van der Waals surface area (Å²) >= 11 is 1.91. The van der Waals surface area contributed by atoms with Crippen molar-refractivity contribution in [2.45, 2.75) is 22.5 Å². The van der Waals surface area contributed by atoms with Gasteiger partial charge in [-0.25, -0.2) is 4.99 Å². The molecule has 0 unspecified atom stereocenters. The van der Waals surface area contributed by atoms with E-state index in [1.165, 1.54) is 17.7 Å². The van der Waals surface area contributed by atoms with Gasteiger partial charge in [-0.3, -0.25) is 4.79 Å². The summed E-state index contributed by atoms with van der Waals surface area (Å²) in [5.41, 5.74) is 0. The lowest BCUT2D eigenvalue weighted by Gasteiger charge is -2.18. The first-order chi connectivity index (χ1) is 11.5. The Labute approximate surface area is 148 Å². The van der Waals surface area contributed by atoms with Crippen LogP contribution in [0.5, 0.6) is 0 Å². The molecule has 0 spiro atoms. The van der Waals surface area contributed by atoms with Crippen molar-refractivity contribution in [1.82, 2.24) is 15.5 Å². The van der Waals surface area contributed by atoms with Crippen LogP contribution in [0, 0.1) is 0 Å². The van der Waals surface area contributed by atoms with Gasteiger partial charge in [-0.15, -0.1) is 18.3 Å². The van der Waals surface area contributed by atoms with Crippen LogP contribution >= 0.6 is 11.8 Å². The van der Waals surface area contributed by atoms with Gasteiger partial charge in [0.25, 0.3) is 0 Å². The summed E-state index contributed by atoms with van der Waals surface area (Å²) in [5, 5.41) is 6.54. The molecule has 0 atom stereocenters. The molecule has 0 aliphatic heterocycles. The summed E-state index contributed by atoms with van der Waals surface area (Å²) in [5.74, 6) is 0.638. The predicted molar refractivity (Wildman–Crippen MR) is 101 cm³/mol. The van der Waals surface area contributed by atoms with Gasteiger partial charge in [-0.2, -0.15) is 0 Å². The monoisotopic (exact) mass is 346 g/mol. The van der Waals surface area contributed by atoms with Crippen LogP contribution < -0.4 is 10.6 Å². The Balaban J connectivity index is 1.90. The minimum atomic E-state index is -0.0190. The number of nitrogens with one attached hydrogen (secondary N) is 2. The predicted octanol–water partition coefficient (Wildman–Crippen LogP) is 2.12. The molecule has 1 aliphatic carbocycles. The average molecular weight is 347 g/mol. The van der Waals surface area contributed by atoms with Gasteiger partial charge in [-0.1, -0.05) is 24.3 Å². The minimum absolute atomic E-state index is 0.0190. The molecule has 0 heterocycles. The lowest BCUT2D eigenvalue weighted by molar-refractivity contribution is -0.127. The highest BCUT2D eigenvalue weighted by Gasteiger charge is 2.43. The van der Waals surface area contributed by atoms with Crippen molar-refractivity contribution < 1.29 is 4.79 Å². The Hall–Kier alpha value is -1.95. The van der Waals surface area contributed by atoms with Gasteiger partial charge in [0.15, 0.2) is 5.96 Å². The molecule has 5 nitrogen and oxygen atoms in total. The number of nitrogens with zero attached hydrogens (tertiary/aromatic N) is 2. The molecule has 1 saturated carbocycles. The van der Waals surface area contributed by atoms with E-state index in [9.17, 15) is 4.79 Å². The lowest BCUT2D eigenvalue weighted by Crippen LogP contribution is -2.42. The maximum atomic E-state index is 11.7. The fourth-order valence-electron chi connectivity index (χ4n) is 2.07. The molecule has 130 valence electrons. The third-order valence-corrected chi connectivity index (χ3v) is 5.24. The van der Waals surface area contributed by atoms with E-state index in [4.69, 9.17) is 0 Å². The van der Waals surface area contributed by atoms with Crippen LogP contribution in [0.1, 0.15) is 12.8 Å². The number of benzene rings is 1. The molecule has 0 aromatic heterocycles. The topological polar surface area (TPSA) is 56.7 Å². The quantitative estimate of drug-likeness (QED) is 0.430. The number of carbonyl (C=O) groups excluding carboxylic acids is 1. The van der Waals surface area contributed by atoms with Crippen molar-refractivity contribution in [3.63, 3.8) is 0 Å². The normalized spacial score (nSPS) is 15.5. The first-order valence-corrected chi connectivity index (χ1v) is 8.94. The molecule has 1 aliphatic rings. The number of rotatable bonds is 8. The van der Waals surface area contributed by atoms with E-state index < -0.39 is 0 Å². The van der Waals surface area contributed by atoms with Crippen LogP contribution in [0.4, 0.5) is 0 Å². The second-order valence-electron chi connectivity index (χ2n) is 6.07. The van der Waals surface area contributed by atoms with Gasteiger partial charge < -0.3 is 15.5 Å². The van der Waals surface area contributed by atoms with E-state index in [1.807, 2.05) is 17.8 Å². The number of carbonyl (C=O) groups is 1. The number of aliphatic imine (C=N–C) groups is 1. The fraction of sp³-hybridized carbons (Fsp3) is 0.444. The number of likely N-dealkylation sites (N-methyl/N-ethyl adjacent to an activating group) is 1. The maximum absolute atomic E-state index is 11.7. The molecule has 1 aromatic rings. The zero-order valence-corrected chi connectivity index (χ0v) is 15.2. The van der Waals surface area contributed by atoms with Gasteiger partial charge in [0.05, 0.1) is 0 Å². The molecule has 1 amide bonds. The first-order valence-electron chi connectivity index (χ1n) is 8.12. The summed E-state index contributed by atoms with van der Waals surface area (Å²) in [7, 11) is 3.47. The van der Waals surface area contributed by atoms with E-state index in [0.29, 0.717) is 12.5 Å².